The number of halogens is 1. The first kappa shape index (κ1) is 21.5. The van der Waals surface area contributed by atoms with Crippen molar-refractivity contribution < 1.29 is 5.11 Å². The molecule has 0 aromatic carbocycles. The van der Waals surface area contributed by atoms with Gasteiger partial charge in [0.25, 0.3) is 0 Å². The van der Waals surface area contributed by atoms with E-state index in [1.165, 1.54) is 57.8 Å². The number of nitrogens with two attached hydrogens (primary N) is 1. The first-order chi connectivity index (χ1) is 8.52. The molecule has 0 aliphatic heterocycles. The Balaban J connectivity index is 0. The zero-order chi connectivity index (χ0) is 13.9. The molecular weight excluding hydrogens is 258 g/mol. The highest BCUT2D eigenvalue weighted by atomic mass is 35.5. The van der Waals surface area contributed by atoms with E-state index in [1.54, 1.807) is 0 Å². The van der Waals surface area contributed by atoms with Gasteiger partial charge >= 0.3 is 0 Å². The minimum absolute atomic E-state index is 0. The molecule has 0 fully saturated rings. The normalized spacial score (nSPS) is 13.1. The van der Waals surface area contributed by atoms with Gasteiger partial charge in [-0.1, -0.05) is 58.3 Å². The van der Waals surface area contributed by atoms with Gasteiger partial charge in [0, 0.05) is 12.1 Å². The minimum atomic E-state index is -0.149. The molecular formula is C16H36ClNO. The van der Waals surface area contributed by atoms with Crippen LogP contribution in [0.15, 0.2) is 0 Å². The summed E-state index contributed by atoms with van der Waals surface area (Å²) in [7, 11) is 0. The van der Waals surface area contributed by atoms with Crippen LogP contribution in [0.2, 0.25) is 0 Å². The second-order valence-electron chi connectivity index (χ2n) is 6.29. The van der Waals surface area contributed by atoms with Crippen LogP contribution in [0.3, 0.4) is 0 Å². The average molecular weight is 294 g/mol. The smallest absolute Gasteiger partial charge is 0.0434 e. The van der Waals surface area contributed by atoms with Crippen LogP contribution < -0.4 is 5.73 Å². The third kappa shape index (κ3) is 13.0. The molecule has 0 aliphatic rings. The van der Waals surface area contributed by atoms with E-state index >= 15 is 0 Å². The maximum atomic E-state index is 9.07. The molecule has 0 saturated heterocycles. The van der Waals surface area contributed by atoms with Crippen molar-refractivity contribution in [3.05, 3.63) is 0 Å². The van der Waals surface area contributed by atoms with E-state index in [-0.39, 0.29) is 24.6 Å². The molecule has 19 heavy (non-hydrogen) atoms. The maximum Gasteiger partial charge on any atom is 0.0434 e. The van der Waals surface area contributed by atoms with Gasteiger partial charge in [-0.25, -0.2) is 0 Å². The Bertz CT molecular complexity index is 180. The van der Waals surface area contributed by atoms with Gasteiger partial charge in [-0.2, -0.15) is 0 Å². The molecule has 118 valence electrons. The van der Waals surface area contributed by atoms with E-state index in [4.69, 9.17) is 10.8 Å². The zero-order valence-electron chi connectivity index (χ0n) is 13.3. The highest BCUT2D eigenvalue weighted by Gasteiger charge is 2.23. The van der Waals surface area contributed by atoms with Gasteiger partial charge in [-0.05, 0) is 32.6 Å². The average Bonchev–Trinajstić information content (AvgIpc) is 2.30. The summed E-state index contributed by atoms with van der Waals surface area (Å²) < 4.78 is 0. The topological polar surface area (TPSA) is 46.2 Å². The molecule has 1 atom stereocenters. The van der Waals surface area contributed by atoms with Crippen molar-refractivity contribution in [3.8, 4) is 0 Å². The van der Waals surface area contributed by atoms with E-state index in [1.807, 2.05) is 0 Å². The van der Waals surface area contributed by atoms with E-state index in [0.717, 1.165) is 6.42 Å². The fourth-order valence-electron chi connectivity index (χ4n) is 2.57. The Morgan fingerprint density at radius 2 is 1.37 bits per heavy atom. The Hall–Kier alpha value is 0.210. The number of aliphatic hydroxyl groups is 1. The molecule has 0 saturated carbocycles. The van der Waals surface area contributed by atoms with Crippen LogP contribution in [0, 0.1) is 5.92 Å². The molecule has 3 heteroatoms. The standard InChI is InChI=1S/C16H35NO.ClH/c1-4-5-6-7-8-9-10-11-12-15(13-14-18)16(2,3)17;/h15,18H,4-14,17H2,1-3H3;1H. The van der Waals surface area contributed by atoms with Gasteiger partial charge in [0.15, 0.2) is 0 Å². The van der Waals surface area contributed by atoms with E-state index in [2.05, 4.69) is 20.8 Å². The van der Waals surface area contributed by atoms with Crippen LogP contribution in [-0.2, 0) is 0 Å². The van der Waals surface area contributed by atoms with E-state index < -0.39 is 0 Å². The lowest BCUT2D eigenvalue weighted by molar-refractivity contribution is 0.201. The predicted octanol–water partition coefficient (Wildman–Crippen LogP) is 4.67. The Morgan fingerprint density at radius 3 is 1.79 bits per heavy atom. The molecule has 0 rings (SSSR count). The largest absolute Gasteiger partial charge is 0.396 e. The SMILES string of the molecule is CCCCCCCCCCC(CCO)C(C)(C)N.Cl. The first-order valence-electron chi connectivity index (χ1n) is 7.92. The van der Waals surface area contributed by atoms with Crippen LogP contribution in [0.4, 0.5) is 0 Å². The van der Waals surface area contributed by atoms with Gasteiger partial charge in [0.05, 0.1) is 0 Å². The summed E-state index contributed by atoms with van der Waals surface area (Å²) in [4.78, 5) is 0. The molecule has 0 aliphatic carbocycles. The van der Waals surface area contributed by atoms with Crippen molar-refractivity contribution in [1.29, 1.82) is 0 Å². The summed E-state index contributed by atoms with van der Waals surface area (Å²) in [5.41, 5.74) is 6.00. The molecule has 0 spiro atoms. The lowest BCUT2D eigenvalue weighted by atomic mass is 9.82. The lowest BCUT2D eigenvalue weighted by Crippen LogP contribution is -2.41. The third-order valence-electron chi connectivity index (χ3n) is 3.94. The molecule has 0 heterocycles. The monoisotopic (exact) mass is 293 g/mol. The molecule has 0 aromatic heterocycles. The van der Waals surface area contributed by atoms with Gasteiger partial charge in [-0.3, -0.25) is 0 Å². The molecule has 1 unspecified atom stereocenters. The van der Waals surface area contributed by atoms with Crippen LogP contribution in [0.5, 0.6) is 0 Å². The molecule has 3 N–H and O–H groups in total. The van der Waals surface area contributed by atoms with Gasteiger partial charge in [0.2, 0.25) is 0 Å². The molecule has 2 nitrogen and oxygen atoms in total. The number of unbranched alkanes of at least 4 members (excludes halogenated alkanes) is 7. The number of hydrogen-bond acceptors (Lipinski definition) is 2. The van der Waals surface area contributed by atoms with E-state index in [0.29, 0.717) is 5.92 Å². The first-order valence-corrected chi connectivity index (χ1v) is 7.92. The van der Waals surface area contributed by atoms with Crippen LogP contribution in [0.25, 0.3) is 0 Å². The summed E-state index contributed by atoms with van der Waals surface area (Å²) >= 11 is 0. The van der Waals surface area contributed by atoms with Gasteiger partial charge in [0.1, 0.15) is 0 Å². The number of hydrogen-bond donors (Lipinski definition) is 2. The number of rotatable bonds is 12. The van der Waals surface area contributed by atoms with Gasteiger partial charge in [-0.15, -0.1) is 12.4 Å². The van der Waals surface area contributed by atoms with E-state index in [9.17, 15) is 0 Å². The quantitative estimate of drug-likeness (QED) is 0.513. The van der Waals surface area contributed by atoms with Crippen molar-refractivity contribution in [3.63, 3.8) is 0 Å². The summed E-state index contributed by atoms with van der Waals surface area (Å²) in [5, 5.41) is 9.07. The molecule has 0 amide bonds. The lowest BCUT2D eigenvalue weighted by Gasteiger charge is -2.30. The van der Waals surface area contributed by atoms with Crippen molar-refractivity contribution in [2.24, 2.45) is 11.7 Å². The number of aliphatic hydroxyl groups excluding tert-OH is 1. The highest BCUT2D eigenvalue weighted by Crippen LogP contribution is 2.24. The van der Waals surface area contributed by atoms with Crippen LogP contribution >= 0.6 is 12.4 Å². The summed E-state index contributed by atoms with van der Waals surface area (Å²) in [6.45, 7) is 6.69. The minimum Gasteiger partial charge on any atom is -0.396 e. The third-order valence-corrected chi connectivity index (χ3v) is 3.94. The Labute approximate surface area is 127 Å². The Kier molecular flexibility index (Phi) is 14.9. The fourth-order valence-corrected chi connectivity index (χ4v) is 2.57. The van der Waals surface area contributed by atoms with Crippen LogP contribution in [0.1, 0.15) is 85.0 Å². The second-order valence-corrected chi connectivity index (χ2v) is 6.29. The van der Waals surface area contributed by atoms with Crippen molar-refractivity contribution >= 4 is 12.4 Å². The molecule has 0 bridgehead atoms. The summed E-state index contributed by atoms with van der Waals surface area (Å²) in [6.07, 6.45) is 12.9. The summed E-state index contributed by atoms with van der Waals surface area (Å²) in [5.74, 6) is 0.461. The van der Waals surface area contributed by atoms with Crippen molar-refractivity contribution in [2.75, 3.05) is 6.61 Å². The summed E-state index contributed by atoms with van der Waals surface area (Å²) in [6, 6.07) is 0. The zero-order valence-corrected chi connectivity index (χ0v) is 14.1. The second kappa shape index (κ2) is 13.2. The maximum absolute atomic E-state index is 9.07. The Morgan fingerprint density at radius 1 is 0.895 bits per heavy atom. The van der Waals surface area contributed by atoms with Crippen LogP contribution in [-0.4, -0.2) is 17.3 Å². The van der Waals surface area contributed by atoms with Crippen molar-refractivity contribution in [2.45, 2.75) is 90.5 Å². The van der Waals surface area contributed by atoms with Gasteiger partial charge < -0.3 is 10.8 Å². The predicted molar refractivity (Wildman–Crippen MR) is 87.9 cm³/mol. The molecule has 0 aromatic rings. The molecule has 0 radical (unpaired) electrons. The fraction of sp³-hybridized carbons (Fsp3) is 1.00. The van der Waals surface area contributed by atoms with Crippen molar-refractivity contribution in [1.82, 2.24) is 0 Å². The highest BCUT2D eigenvalue weighted by molar-refractivity contribution is 5.85.